The van der Waals surface area contributed by atoms with Crippen molar-refractivity contribution in [1.82, 2.24) is 5.01 Å². The van der Waals surface area contributed by atoms with Gasteiger partial charge < -0.3 is 0 Å². The summed E-state index contributed by atoms with van der Waals surface area (Å²) in [5, 5.41) is 17.3. The number of carbonyl (C=O) groups excluding carboxylic acids is 3. The fourth-order valence-corrected chi connectivity index (χ4v) is 5.44. The third kappa shape index (κ3) is 3.01. The maximum atomic E-state index is 13.8. The Labute approximate surface area is 199 Å². The number of anilines is 1. The maximum Gasteiger partial charge on any atom is 0.270 e. The first kappa shape index (κ1) is 20.9. The monoisotopic (exact) mass is 466 g/mol. The molecule has 2 fully saturated rings. The van der Waals surface area contributed by atoms with Crippen LogP contribution in [0, 0.1) is 22.0 Å². The van der Waals surface area contributed by atoms with Gasteiger partial charge in [-0.25, -0.2) is 4.90 Å². The molecule has 6 rings (SSSR count). The van der Waals surface area contributed by atoms with Gasteiger partial charge in [-0.3, -0.25) is 29.5 Å². The first-order chi connectivity index (χ1) is 17.0. The summed E-state index contributed by atoms with van der Waals surface area (Å²) in [6.07, 6.45) is 1.62. The zero-order valence-electron chi connectivity index (χ0n) is 18.2. The summed E-state index contributed by atoms with van der Waals surface area (Å²) in [6.45, 7) is 0. The van der Waals surface area contributed by atoms with Crippen LogP contribution in [0.5, 0.6) is 0 Å². The average Bonchev–Trinajstić information content (AvgIpc) is 3.36. The van der Waals surface area contributed by atoms with Gasteiger partial charge >= 0.3 is 0 Å². The summed E-state index contributed by atoms with van der Waals surface area (Å²) in [4.78, 5) is 53.2. The van der Waals surface area contributed by atoms with E-state index in [0.717, 1.165) is 16.0 Å². The highest BCUT2D eigenvalue weighted by atomic mass is 16.6. The van der Waals surface area contributed by atoms with Crippen molar-refractivity contribution in [3.63, 3.8) is 0 Å². The number of nitrogens with zero attached hydrogens (tertiary/aromatic N) is 4. The molecule has 3 heterocycles. The number of rotatable bonds is 4. The number of hydrogen-bond donors (Lipinski definition) is 0. The Morgan fingerprint density at radius 3 is 2.37 bits per heavy atom. The van der Waals surface area contributed by atoms with E-state index in [-0.39, 0.29) is 17.2 Å². The molecule has 2 saturated heterocycles. The zero-order chi connectivity index (χ0) is 24.3. The Morgan fingerprint density at radius 1 is 0.886 bits per heavy atom. The molecule has 0 N–H and O–H groups in total. The lowest BCUT2D eigenvalue weighted by molar-refractivity contribution is -0.384. The minimum Gasteiger partial charge on any atom is -0.292 e. The van der Waals surface area contributed by atoms with Crippen molar-refractivity contribution < 1.29 is 19.3 Å². The molecule has 0 aliphatic carbocycles. The largest absolute Gasteiger partial charge is 0.292 e. The lowest BCUT2D eigenvalue weighted by Gasteiger charge is -2.33. The number of nitro groups is 1. The van der Waals surface area contributed by atoms with E-state index in [1.54, 1.807) is 36.5 Å². The number of para-hydroxylation sites is 1. The molecule has 4 atom stereocenters. The topological polar surface area (TPSA) is 113 Å². The number of non-ortho nitro benzene ring substituents is 1. The molecule has 0 radical (unpaired) electrons. The van der Waals surface area contributed by atoms with Crippen LogP contribution in [0.4, 0.5) is 11.4 Å². The second-order valence-corrected chi connectivity index (χ2v) is 8.71. The van der Waals surface area contributed by atoms with E-state index < -0.39 is 40.5 Å². The first-order valence-electron chi connectivity index (χ1n) is 11.1. The summed E-state index contributed by atoms with van der Waals surface area (Å²) < 4.78 is 0. The molecular formula is C26H18N4O5. The number of benzene rings is 3. The third-order valence-electron chi connectivity index (χ3n) is 6.92. The van der Waals surface area contributed by atoms with Gasteiger partial charge in [0.25, 0.3) is 5.69 Å². The van der Waals surface area contributed by atoms with Crippen molar-refractivity contribution in [3.8, 4) is 0 Å². The number of nitro benzene ring substituents is 1. The van der Waals surface area contributed by atoms with Gasteiger partial charge in [0.05, 0.1) is 34.7 Å². The average molecular weight is 466 g/mol. The smallest absolute Gasteiger partial charge is 0.270 e. The van der Waals surface area contributed by atoms with Gasteiger partial charge in [-0.1, -0.05) is 54.6 Å². The number of hydrazone groups is 1. The minimum absolute atomic E-state index is 0.0936. The summed E-state index contributed by atoms with van der Waals surface area (Å²) in [6, 6.07) is 19.8. The van der Waals surface area contributed by atoms with Crippen LogP contribution in [0.15, 0.2) is 84.0 Å². The minimum atomic E-state index is -1.08. The molecular weight excluding hydrogens is 448 g/mol. The molecule has 172 valence electrons. The molecule has 35 heavy (non-hydrogen) atoms. The second-order valence-electron chi connectivity index (χ2n) is 8.71. The standard InChI is InChI=1S/C26H18N4O5/c31-24(15-8-6-11-18(13-15)30(34)35)23-21-20(22-19-12-5-4-7-16(19)14-27-29(22)23)25(32)28(26(21)33)17-9-2-1-3-10-17/h1-14,20-23H/t20-,21-,22-,23+/m1/s1. The predicted molar refractivity (Wildman–Crippen MR) is 126 cm³/mol. The number of amides is 2. The fraction of sp³-hybridized carbons (Fsp3) is 0.154. The molecule has 0 bridgehead atoms. The van der Waals surface area contributed by atoms with Gasteiger partial charge in [0.2, 0.25) is 11.8 Å². The fourth-order valence-electron chi connectivity index (χ4n) is 5.44. The zero-order valence-corrected chi connectivity index (χ0v) is 18.2. The number of fused-ring (bicyclic) bond motifs is 5. The molecule has 0 saturated carbocycles. The lowest BCUT2D eigenvalue weighted by atomic mass is 9.83. The Kier molecular flexibility index (Phi) is 4.60. The quantitative estimate of drug-likeness (QED) is 0.252. The van der Waals surface area contributed by atoms with Gasteiger partial charge in [0.15, 0.2) is 5.78 Å². The number of hydrogen-bond acceptors (Lipinski definition) is 7. The van der Waals surface area contributed by atoms with Gasteiger partial charge in [-0.2, -0.15) is 5.10 Å². The second kappa shape index (κ2) is 7.69. The predicted octanol–water partition coefficient (Wildman–Crippen LogP) is 3.36. The van der Waals surface area contributed by atoms with Gasteiger partial charge in [-0.05, 0) is 23.3 Å². The summed E-state index contributed by atoms with van der Waals surface area (Å²) in [5.74, 6) is -3.16. The van der Waals surface area contributed by atoms with Crippen molar-refractivity contribution in [2.24, 2.45) is 16.9 Å². The van der Waals surface area contributed by atoms with Crippen LogP contribution in [0.2, 0.25) is 0 Å². The lowest BCUT2D eigenvalue weighted by Crippen LogP contribution is -2.44. The molecule has 2 amide bonds. The first-order valence-corrected chi connectivity index (χ1v) is 11.1. The van der Waals surface area contributed by atoms with Gasteiger partial charge in [0, 0.05) is 17.7 Å². The number of imide groups is 1. The Hall–Kier alpha value is -4.66. The molecule has 3 aromatic carbocycles. The van der Waals surface area contributed by atoms with Crippen LogP contribution in [-0.2, 0) is 9.59 Å². The summed E-state index contributed by atoms with van der Waals surface area (Å²) >= 11 is 0. The molecule has 9 heteroatoms. The molecule has 9 nitrogen and oxygen atoms in total. The molecule has 0 spiro atoms. The van der Waals surface area contributed by atoms with Crippen molar-refractivity contribution in [3.05, 3.63) is 106 Å². The van der Waals surface area contributed by atoms with Crippen LogP contribution in [-0.4, -0.2) is 39.8 Å². The molecule has 3 aliphatic heterocycles. The SMILES string of the molecule is O=C(c1cccc([N+](=O)[O-])c1)[C@@H]1[C@@H]2C(=O)N(c3ccccc3)C(=O)[C@H]2[C@H]2c3ccccc3C=NN12. The highest BCUT2D eigenvalue weighted by Gasteiger charge is 2.65. The normalized spacial score (nSPS) is 24.2. The Balaban J connectivity index is 1.50. The molecule has 0 unspecified atom stereocenters. The van der Waals surface area contributed by atoms with E-state index in [1.807, 2.05) is 24.3 Å². The van der Waals surface area contributed by atoms with Crippen LogP contribution in [0.3, 0.4) is 0 Å². The highest BCUT2D eigenvalue weighted by Crippen LogP contribution is 2.53. The number of Topliss-reactive ketones (excluding diaryl/α,β-unsaturated/α-hetero) is 1. The van der Waals surface area contributed by atoms with E-state index in [0.29, 0.717) is 5.69 Å². The van der Waals surface area contributed by atoms with Gasteiger partial charge in [0.1, 0.15) is 6.04 Å². The summed E-state index contributed by atoms with van der Waals surface area (Å²) in [7, 11) is 0. The van der Waals surface area contributed by atoms with Crippen molar-refractivity contribution in [2.75, 3.05) is 4.90 Å². The third-order valence-corrected chi connectivity index (χ3v) is 6.92. The maximum absolute atomic E-state index is 13.8. The van der Waals surface area contributed by atoms with Crippen molar-refractivity contribution >= 4 is 35.2 Å². The molecule has 3 aliphatic rings. The Bertz CT molecular complexity index is 1440. The van der Waals surface area contributed by atoms with E-state index in [9.17, 15) is 24.5 Å². The van der Waals surface area contributed by atoms with Crippen molar-refractivity contribution in [2.45, 2.75) is 12.1 Å². The van der Waals surface area contributed by atoms with Crippen LogP contribution >= 0.6 is 0 Å². The van der Waals surface area contributed by atoms with Gasteiger partial charge in [-0.15, -0.1) is 0 Å². The van der Waals surface area contributed by atoms with Crippen LogP contribution in [0.1, 0.15) is 27.5 Å². The highest BCUT2D eigenvalue weighted by molar-refractivity contribution is 6.24. The molecule has 0 aromatic heterocycles. The van der Waals surface area contributed by atoms with E-state index >= 15 is 0 Å². The Morgan fingerprint density at radius 2 is 1.60 bits per heavy atom. The van der Waals surface area contributed by atoms with Crippen LogP contribution in [0.25, 0.3) is 0 Å². The number of carbonyl (C=O) groups is 3. The summed E-state index contributed by atoms with van der Waals surface area (Å²) in [5.41, 5.74) is 1.93. The van der Waals surface area contributed by atoms with E-state index in [1.165, 1.54) is 29.3 Å². The van der Waals surface area contributed by atoms with E-state index in [2.05, 4.69) is 5.10 Å². The molecule has 3 aromatic rings. The van der Waals surface area contributed by atoms with E-state index in [4.69, 9.17) is 0 Å². The van der Waals surface area contributed by atoms with Crippen LogP contribution < -0.4 is 4.90 Å². The van der Waals surface area contributed by atoms with Crippen molar-refractivity contribution in [1.29, 1.82) is 0 Å². The number of ketones is 1.